The Balaban J connectivity index is 0.000000304. The minimum atomic E-state index is -0.0655. The van der Waals surface area contributed by atoms with E-state index in [2.05, 4.69) is 5.32 Å². The molecular formula is C34H42N2O3. The van der Waals surface area contributed by atoms with Crippen molar-refractivity contribution in [3.63, 3.8) is 0 Å². The summed E-state index contributed by atoms with van der Waals surface area (Å²) in [4.78, 5) is 25.7. The Labute approximate surface area is 234 Å². The van der Waals surface area contributed by atoms with Crippen molar-refractivity contribution in [2.75, 3.05) is 18.4 Å². The van der Waals surface area contributed by atoms with Crippen LogP contribution in [0, 0.1) is 20.8 Å². The molecule has 2 amide bonds. The molecule has 0 aliphatic rings. The number of phenols is 1. The van der Waals surface area contributed by atoms with Gasteiger partial charge in [0, 0.05) is 29.9 Å². The second-order valence-corrected chi connectivity index (χ2v) is 8.71. The maximum Gasteiger partial charge on any atom is 0.255 e. The second-order valence-electron chi connectivity index (χ2n) is 8.71. The van der Waals surface area contributed by atoms with Crippen LogP contribution in [0.25, 0.3) is 0 Å². The number of para-hydroxylation sites is 2. The van der Waals surface area contributed by atoms with Crippen LogP contribution in [0.4, 0.5) is 5.69 Å². The van der Waals surface area contributed by atoms with Crippen LogP contribution in [0.1, 0.15) is 58.7 Å². The van der Waals surface area contributed by atoms with Gasteiger partial charge in [-0.3, -0.25) is 9.59 Å². The third-order valence-corrected chi connectivity index (χ3v) is 5.96. The number of aryl methyl sites for hydroxylation is 3. The molecule has 0 aromatic heterocycles. The molecule has 0 spiro atoms. The van der Waals surface area contributed by atoms with Crippen LogP contribution in [0.5, 0.6) is 5.75 Å². The van der Waals surface area contributed by atoms with Crippen molar-refractivity contribution in [3.05, 3.63) is 131 Å². The van der Waals surface area contributed by atoms with Gasteiger partial charge in [0.15, 0.2) is 0 Å². The number of phenolic OH excluding ortho intramolecular Hbond substituents is 1. The van der Waals surface area contributed by atoms with Gasteiger partial charge < -0.3 is 15.3 Å². The molecule has 0 saturated carbocycles. The van der Waals surface area contributed by atoms with Crippen molar-refractivity contribution < 1.29 is 14.7 Å². The Morgan fingerprint density at radius 3 is 1.51 bits per heavy atom. The molecule has 0 bridgehead atoms. The zero-order chi connectivity index (χ0) is 27.9. The number of nitrogens with one attached hydrogen (secondary N) is 1. The zero-order valence-electron chi connectivity index (χ0n) is 22.9. The van der Waals surface area contributed by atoms with Gasteiger partial charge in [0.2, 0.25) is 0 Å². The molecule has 5 heteroatoms. The number of aromatic hydroxyl groups is 1. The molecule has 2 N–H and O–H groups in total. The Morgan fingerprint density at radius 2 is 1.08 bits per heavy atom. The minimum absolute atomic E-state index is 0. The summed E-state index contributed by atoms with van der Waals surface area (Å²) in [7, 11) is 0. The van der Waals surface area contributed by atoms with Gasteiger partial charge in [-0.05, 0) is 81.6 Å². The van der Waals surface area contributed by atoms with E-state index in [9.17, 15) is 9.59 Å². The molecule has 0 heterocycles. The number of hydrogen-bond donors (Lipinski definition) is 2. The molecule has 0 atom stereocenters. The predicted molar refractivity (Wildman–Crippen MR) is 164 cm³/mol. The van der Waals surface area contributed by atoms with Crippen molar-refractivity contribution in [3.8, 4) is 5.75 Å². The summed E-state index contributed by atoms with van der Waals surface area (Å²) in [5.74, 6) is 0.435. The first-order valence-electron chi connectivity index (χ1n) is 12.8. The summed E-state index contributed by atoms with van der Waals surface area (Å²) in [6.07, 6.45) is 0. The van der Waals surface area contributed by atoms with E-state index in [-0.39, 0.29) is 19.2 Å². The SMILES string of the molecule is C.CCN(CC)C(=O)c1ccccc1C.Cc1ccccc1C(=O)Nc1ccccc1.Cc1ccccc1O. The fourth-order valence-electron chi connectivity index (χ4n) is 3.61. The summed E-state index contributed by atoms with van der Waals surface area (Å²) >= 11 is 0. The van der Waals surface area contributed by atoms with Crippen LogP contribution in [0.3, 0.4) is 0 Å². The molecule has 0 fully saturated rings. The maximum absolute atomic E-state index is 12.0. The van der Waals surface area contributed by atoms with Gasteiger partial charge in [-0.1, -0.05) is 80.2 Å². The molecule has 5 nitrogen and oxygen atoms in total. The van der Waals surface area contributed by atoms with E-state index in [1.807, 2.05) is 137 Å². The molecule has 39 heavy (non-hydrogen) atoms. The lowest BCUT2D eigenvalue weighted by Crippen LogP contribution is -2.30. The Hall–Kier alpha value is -4.38. The van der Waals surface area contributed by atoms with E-state index < -0.39 is 0 Å². The normalized spacial score (nSPS) is 9.46. The van der Waals surface area contributed by atoms with Gasteiger partial charge in [0.25, 0.3) is 11.8 Å². The highest BCUT2D eigenvalue weighted by molar-refractivity contribution is 6.05. The standard InChI is InChI=1S/C14H13NO.C12H17NO.C7H8O.CH4/c1-11-7-5-6-10-13(11)14(16)15-12-8-3-2-4-9-12;1-4-13(5-2)12(14)11-9-7-6-8-10(11)3;1-6-4-2-3-5-7(6)8;/h2-10H,1H3,(H,15,16);6-9H,4-5H2,1-3H3;2-5,8H,1H3;1H4. The molecule has 0 saturated heterocycles. The molecule has 0 unspecified atom stereocenters. The zero-order valence-corrected chi connectivity index (χ0v) is 22.9. The topological polar surface area (TPSA) is 69.6 Å². The van der Waals surface area contributed by atoms with Gasteiger partial charge >= 0.3 is 0 Å². The maximum atomic E-state index is 12.0. The molecule has 4 rings (SSSR count). The number of hydrogen-bond acceptors (Lipinski definition) is 3. The third-order valence-electron chi connectivity index (χ3n) is 5.96. The highest BCUT2D eigenvalue weighted by atomic mass is 16.3. The van der Waals surface area contributed by atoms with Crippen LogP contribution >= 0.6 is 0 Å². The number of benzene rings is 4. The highest BCUT2D eigenvalue weighted by Gasteiger charge is 2.13. The molecular weight excluding hydrogens is 484 g/mol. The second kappa shape index (κ2) is 17.2. The number of anilines is 1. The molecule has 4 aromatic rings. The molecule has 206 valence electrons. The van der Waals surface area contributed by atoms with Crippen molar-refractivity contribution in [2.45, 2.75) is 42.0 Å². The summed E-state index contributed by atoms with van der Waals surface area (Å²) in [5, 5.41) is 11.8. The van der Waals surface area contributed by atoms with Crippen LogP contribution in [0.15, 0.2) is 103 Å². The number of rotatable bonds is 5. The molecule has 4 aromatic carbocycles. The van der Waals surface area contributed by atoms with Crippen LogP contribution < -0.4 is 5.32 Å². The Morgan fingerprint density at radius 1 is 0.641 bits per heavy atom. The lowest BCUT2D eigenvalue weighted by Gasteiger charge is -2.19. The monoisotopic (exact) mass is 526 g/mol. The first-order valence-corrected chi connectivity index (χ1v) is 12.8. The van der Waals surface area contributed by atoms with E-state index in [0.29, 0.717) is 11.3 Å². The van der Waals surface area contributed by atoms with Gasteiger partial charge in [-0.15, -0.1) is 0 Å². The van der Waals surface area contributed by atoms with Gasteiger partial charge in [-0.25, -0.2) is 0 Å². The Kier molecular flexibility index (Phi) is 14.4. The lowest BCUT2D eigenvalue weighted by atomic mass is 10.1. The fraction of sp³-hybridized carbons (Fsp3) is 0.235. The van der Waals surface area contributed by atoms with Gasteiger partial charge in [-0.2, -0.15) is 0 Å². The third kappa shape index (κ3) is 10.5. The first kappa shape index (κ1) is 32.6. The van der Waals surface area contributed by atoms with Gasteiger partial charge in [0.05, 0.1) is 0 Å². The van der Waals surface area contributed by atoms with E-state index in [4.69, 9.17) is 5.11 Å². The molecule has 0 aliphatic carbocycles. The van der Waals surface area contributed by atoms with Crippen molar-refractivity contribution in [1.82, 2.24) is 4.90 Å². The van der Waals surface area contributed by atoms with Crippen LogP contribution in [0.2, 0.25) is 0 Å². The Bertz CT molecular complexity index is 1280. The molecule has 0 aliphatic heterocycles. The smallest absolute Gasteiger partial charge is 0.255 e. The van der Waals surface area contributed by atoms with E-state index in [0.717, 1.165) is 41.0 Å². The summed E-state index contributed by atoms with van der Waals surface area (Å²) in [6.45, 7) is 11.3. The summed E-state index contributed by atoms with van der Waals surface area (Å²) < 4.78 is 0. The van der Waals surface area contributed by atoms with Crippen LogP contribution in [-0.2, 0) is 0 Å². The van der Waals surface area contributed by atoms with E-state index in [1.165, 1.54) is 0 Å². The molecule has 0 radical (unpaired) electrons. The average molecular weight is 527 g/mol. The number of carbonyl (C=O) groups is 2. The van der Waals surface area contributed by atoms with Crippen molar-refractivity contribution >= 4 is 17.5 Å². The number of carbonyl (C=O) groups excluding carboxylic acids is 2. The van der Waals surface area contributed by atoms with Crippen molar-refractivity contribution in [2.24, 2.45) is 0 Å². The van der Waals surface area contributed by atoms with Gasteiger partial charge in [0.1, 0.15) is 5.75 Å². The minimum Gasteiger partial charge on any atom is -0.508 e. The van der Waals surface area contributed by atoms with Crippen LogP contribution in [-0.4, -0.2) is 34.9 Å². The quantitative estimate of drug-likeness (QED) is 0.276. The fourth-order valence-corrected chi connectivity index (χ4v) is 3.61. The number of amides is 2. The summed E-state index contributed by atoms with van der Waals surface area (Å²) in [6, 6.07) is 32.0. The average Bonchev–Trinajstić information content (AvgIpc) is 2.93. The lowest BCUT2D eigenvalue weighted by molar-refractivity contribution is 0.0772. The van der Waals surface area contributed by atoms with E-state index >= 15 is 0 Å². The largest absolute Gasteiger partial charge is 0.508 e. The summed E-state index contributed by atoms with van der Waals surface area (Å²) in [5.41, 5.74) is 5.30. The highest BCUT2D eigenvalue weighted by Crippen LogP contribution is 2.13. The number of nitrogens with zero attached hydrogens (tertiary/aromatic N) is 1. The first-order chi connectivity index (χ1) is 18.3. The van der Waals surface area contributed by atoms with E-state index in [1.54, 1.807) is 6.07 Å². The predicted octanol–water partition coefficient (Wildman–Crippen LogP) is 8.06. The van der Waals surface area contributed by atoms with Crippen molar-refractivity contribution in [1.29, 1.82) is 0 Å².